The van der Waals surface area contributed by atoms with E-state index in [0.29, 0.717) is 6.61 Å². The van der Waals surface area contributed by atoms with Crippen LogP contribution in [0.25, 0.3) is 11.3 Å². The number of thiazole rings is 1. The molecule has 0 atom stereocenters. The van der Waals surface area contributed by atoms with Crippen LogP contribution in [0.5, 0.6) is 5.75 Å². The smallest absolute Gasteiger partial charge is 0.250 e. The standard InChI is InChI=1S/C29H29N3O2S2/c1-29(2,3)24-13-9-22(10-14-24)18-34-25-15-11-21(12-16-25)17-30-32-27(33)20-36-28-31-26(19-35-28)23-7-5-4-6-8-23/h4-17,19H,18,20H2,1-3H3,(H,32,33)/b30-17+. The van der Waals surface area contributed by atoms with Gasteiger partial charge in [0.25, 0.3) is 5.91 Å². The van der Waals surface area contributed by atoms with E-state index in [-0.39, 0.29) is 17.1 Å². The maximum absolute atomic E-state index is 12.1. The van der Waals surface area contributed by atoms with Gasteiger partial charge >= 0.3 is 0 Å². The van der Waals surface area contributed by atoms with Crippen molar-refractivity contribution in [2.45, 2.75) is 37.1 Å². The summed E-state index contributed by atoms with van der Waals surface area (Å²) in [5.41, 5.74) is 8.01. The van der Waals surface area contributed by atoms with Gasteiger partial charge in [-0.25, -0.2) is 10.4 Å². The number of nitrogens with zero attached hydrogens (tertiary/aromatic N) is 2. The van der Waals surface area contributed by atoms with Gasteiger partial charge in [0, 0.05) is 10.9 Å². The molecule has 0 aliphatic heterocycles. The van der Waals surface area contributed by atoms with Gasteiger partial charge in [-0.3, -0.25) is 4.79 Å². The van der Waals surface area contributed by atoms with Crippen molar-refractivity contribution in [3.63, 3.8) is 0 Å². The minimum Gasteiger partial charge on any atom is -0.489 e. The second-order valence-electron chi connectivity index (χ2n) is 9.25. The Kier molecular flexibility index (Phi) is 8.57. The van der Waals surface area contributed by atoms with Crippen LogP contribution in [0.3, 0.4) is 0 Å². The fourth-order valence-corrected chi connectivity index (χ4v) is 4.95. The molecular weight excluding hydrogens is 486 g/mol. The first-order valence-corrected chi connectivity index (χ1v) is 13.5. The Morgan fingerprint density at radius 1 is 1.03 bits per heavy atom. The van der Waals surface area contributed by atoms with Gasteiger partial charge in [0.05, 0.1) is 17.7 Å². The number of thioether (sulfide) groups is 1. The van der Waals surface area contributed by atoms with Crippen LogP contribution < -0.4 is 10.2 Å². The predicted molar refractivity (Wildman–Crippen MR) is 150 cm³/mol. The Hall–Kier alpha value is -3.42. The number of benzene rings is 3. The van der Waals surface area contributed by atoms with Crippen LogP contribution in [-0.2, 0) is 16.8 Å². The number of hydrogen-bond donors (Lipinski definition) is 1. The van der Waals surface area contributed by atoms with Crippen molar-refractivity contribution in [2.75, 3.05) is 5.75 Å². The Bertz CT molecular complexity index is 1290. The van der Waals surface area contributed by atoms with E-state index in [2.05, 4.69) is 60.5 Å². The number of hydrazone groups is 1. The quantitative estimate of drug-likeness (QED) is 0.149. The fourth-order valence-electron chi connectivity index (χ4n) is 3.32. The summed E-state index contributed by atoms with van der Waals surface area (Å²) in [5, 5.41) is 6.07. The average Bonchev–Trinajstić information content (AvgIpc) is 3.36. The lowest BCUT2D eigenvalue weighted by atomic mass is 9.87. The van der Waals surface area contributed by atoms with E-state index in [0.717, 1.165) is 32.5 Å². The van der Waals surface area contributed by atoms with Gasteiger partial charge < -0.3 is 4.74 Å². The minimum atomic E-state index is -0.176. The van der Waals surface area contributed by atoms with Crippen LogP contribution in [0, 0.1) is 0 Å². The molecule has 0 aliphatic rings. The molecule has 5 nitrogen and oxygen atoms in total. The third-order valence-electron chi connectivity index (χ3n) is 5.39. The van der Waals surface area contributed by atoms with E-state index in [1.165, 1.54) is 28.7 Å². The molecule has 3 aromatic carbocycles. The van der Waals surface area contributed by atoms with Crippen molar-refractivity contribution in [3.8, 4) is 17.0 Å². The first-order chi connectivity index (χ1) is 17.4. The largest absolute Gasteiger partial charge is 0.489 e. The van der Waals surface area contributed by atoms with Crippen LogP contribution in [0.1, 0.15) is 37.5 Å². The van der Waals surface area contributed by atoms with Crippen molar-refractivity contribution in [3.05, 3.63) is 101 Å². The monoisotopic (exact) mass is 515 g/mol. The van der Waals surface area contributed by atoms with Gasteiger partial charge in [0.2, 0.25) is 0 Å². The molecule has 0 bridgehead atoms. The number of carbonyl (C=O) groups is 1. The van der Waals surface area contributed by atoms with Crippen LogP contribution in [0.15, 0.2) is 93.7 Å². The maximum Gasteiger partial charge on any atom is 0.250 e. The molecule has 36 heavy (non-hydrogen) atoms. The number of nitrogens with one attached hydrogen (secondary N) is 1. The molecule has 1 amide bonds. The second-order valence-corrected chi connectivity index (χ2v) is 11.3. The van der Waals surface area contributed by atoms with Crippen molar-refractivity contribution in [1.29, 1.82) is 0 Å². The molecule has 7 heteroatoms. The Morgan fingerprint density at radius 3 is 2.44 bits per heavy atom. The van der Waals surface area contributed by atoms with Gasteiger partial charge in [-0.1, -0.05) is 87.1 Å². The average molecular weight is 516 g/mol. The Morgan fingerprint density at radius 2 is 1.75 bits per heavy atom. The lowest BCUT2D eigenvalue weighted by Crippen LogP contribution is -2.19. The first kappa shape index (κ1) is 25.7. The summed E-state index contributed by atoms with van der Waals surface area (Å²) >= 11 is 2.94. The number of aromatic nitrogens is 1. The molecule has 0 unspecified atom stereocenters. The van der Waals surface area contributed by atoms with Crippen molar-refractivity contribution >= 4 is 35.2 Å². The van der Waals surface area contributed by atoms with Crippen molar-refractivity contribution in [1.82, 2.24) is 10.4 Å². The van der Waals surface area contributed by atoms with E-state index in [9.17, 15) is 4.79 Å². The summed E-state index contributed by atoms with van der Waals surface area (Å²) in [6.45, 7) is 7.13. The summed E-state index contributed by atoms with van der Waals surface area (Å²) < 4.78 is 6.75. The summed E-state index contributed by atoms with van der Waals surface area (Å²) in [4.78, 5) is 16.7. The molecule has 0 saturated carbocycles. The van der Waals surface area contributed by atoms with E-state index in [1.807, 2.05) is 60.0 Å². The van der Waals surface area contributed by atoms with E-state index < -0.39 is 0 Å². The molecule has 0 saturated heterocycles. The molecular formula is C29H29N3O2S2. The molecule has 4 aromatic rings. The number of ether oxygens (including phenoxy) is 1. The zero-order chi connectivity index (χ0) is 25.4. The molecule has 0 spiro atoms. The van der Waals surface area contributed by atoms with Crippen LogP contribution in [0.4, 0.5) is 0 Å². The predicted octanol–water partition coefficient (Wildman–Crippen LogP) is 6.93. The Labute approximate surface area is 220 Å². The third-order valence-corrected chi connectivity index (χ3v) is 7.41. The number of carbonyl (C=O) groups excluding carboxylic acids is 1. The number of hydrogen-bond acceptors (Lipinski definition) is 6. The molecule has 1 N–H and O–H groups in total. The van der Waals surface area contributed by atoms with Crippen LogP contribution in [-0.4, -0.2) is 22.9 Å². The molecule has 1 heterocycles. The van der Waals surface area contributed by atoms with Gasteiger partial charge in [-0.15, -0.1) is 11.3 Å². The summed E-state index contributed by atoms with van der Waals surface area (Å²) in [6.07, 6.45) is 1.62. The number of amides is 1. The van der Waals surface area contributed by atoms with E-state index in [1.54, 1.807) is 6.21 Å². The molecule has 4 rings (SSSR count). The topological polar surface area (TPSA) is 63.6 Å². The highest BCUT2D eigenvalue weighted by atomic mass is 32.2. The van der Waals surface area contributed by atoms with Crippen molar-refractivity contribution in [2.24, 2.45) is 5.10 Å². The maximum atomic E-state index is 12.1. The van der Waals surface area contributed by atoms with E-state index in [4.69, 9.17) is 4.74 Å². The molecule has 1 aromatic heterocycles. The Balaban J connectivity index is 1.19. The summed E-state index contributed by atoms with van der Waals surface area (Å²) in [6, 6.07) is 26.1. The molecule has 0 fully saturated rings. The molecule has 0 aliphatic carbocycles. The second kappa shape index (κ2) is 12.0. The zero-order valence-electron chi connectivity index (χ0n) is 20.6. The van der Waals surface area contributed by atoms with Gasteiger partial charge in [-0.05, 0) is 46.4 Å². The van der Waals surface area contributed by atoms with Crippen molar-refractivity contribution < 1.29 is 9.53 Å². The highest BCUT2D eigenvalue weighted by molar-refractivity contribution is 8.01. The van der Waals surface area contributed by atoms with Crippen LogP contribution >= 0.6 is 23.1 Å². The first-order valence-electron chi connectivity index (χ1n) is 11.6. The highest BCUT2D eigenvalue weighted by Gasteiger charge is 2.13. The highest BCUT2D eigenvalue weighted by Crippen LogP contribution is 2.28. The lowest BCUT2D eigenvalue weighted by Gasteiger charge is -2.19. The van der Waals surface area contributed by atoms with E-state index >= 15 is 0 Å². The molecule has 0 radical (unpaired) electrons. The number of rotatable bonds is 9. The van der Waals surface area contributed by atoms with Gasteiger partial charge in [-0.2, -0.15) is 5.10 Å². The SMILES string of the molecule is CC(C)(C)c1ccc(COc2ccc(/C=N/NC(=O)CSc3nc(-c4ccccc4)cs3)cc2)cc1. The minimum absolute atomic E-state index is 0.142. The summed E-state index contributed by atoms with van der Waals surface area (Å²) in [7, 11) is 0. The summed E-state index contributed by atoms with van der Waals surface area (Å²) in [5.74, 6) is 0.860. The normalized spacial score (nSPS) is 11.5. The van der Waals surface area contributed by atoms with Gasteiger partial charge in [0.15, 0.2) is 4.34 Å². The van der Waals surface area contributed by atoms with Gasteiger partial charge in [0.1, 0.15) is 12.4 Å². The zero-order valence-corrected chi connectivity index (χ0v) is 22.2. The lowest BCUT2D eigenvalue weighted by molar-refractivity contribution is -0.118. The third kappa shape index (κ3) is 7.54. The fraction of sp³-hybridized carbons (Fsp3) is 0.207. The van der Waals surface area contributed by atoms with Crippen LogP contribution in [0.2, 0.25) is 0 Å². The molecule has 184 valence electrons.